The molecule has 4 heteroatoms. The number of amides is 1. The molecule has 1 aromatic carbocycles. The third kappa shape index (κ3) is 5.20. The number of para-hydroxylation sites is 1. The minimum atomic E-state index is 0. The number of nitrogens with two attached hydrogens (primary N) is 1. The summed E-state index contributed by atoms with van der Waals surface area (Å²) in [6, 6.07) is 6.05. The summed E-state index contributed by atoms with van der Waals surface area (Å²) in [5, 5.41) is 2.94. The van der Waals surface area contributed by atoms with E-state index in [-0.39, 0.29) is 24.4 Å². The maximum absolute atomic E-state index is 11.7. The van der Waals surface area contributed by atoms with Gasteiger partial charge in [-0.25, -0.2) is 0 Å². The predicted molar refractivity (Wildman–Crippen MR) is 74.7 cm³/mol. The molecular weight excluding hydrogens is 236 g/mol. The van der Waals surface area contributed by atoms with Crippen LogP contribution >= 0.6 is 12.4 Å². The van der Waals surface area contributed by atoms with E-state index in [0.29, 0.717) is 6.42 Å². The standard InChI is InChI=1S/C13H20N2O.ClH/c1-9-5-4-6-10(2)13(9)15-12(16)8-7-11(3)14;/h4-6,11H,7-8,14H2,1-3H3,(H,15,16);1H. The zero-order chi connectivity index (χ0) is 12.1. The normalized spacial score (nSPS) is 11.5. The second-order valence-corrected chi connectivity index (χ2v) is 4.33. The molecule has 0 aromatic heterocycles. The lowest BCUT2D eigenvalue weighted by molar-refractivity contribution is -0.116. The smallest absolute Gasteiger partial charge is 0.224 e. The maximum atomic E-state index is 11.7. The third-order valence-corrected chi connectivity index (χ3v) is 2.57. The fourth-order valence-corrected chi connectivity index (χ4v) is 1.57. The highest BCUT2D eigenvalue weighted by atomic mass is 35.5. The van der Waals surface area contributed by atoms with Gasteiger partial charge in [-0.1, -0.05) is 18.2 Å². The van der Waals surface area contributed by atoms with Gasteiger partial charge in [-0.05, 0) is 38.3 Å². The average molecular weight is 257 g/mol. The van der Waals surface area contributed by atoms with Gasteiger partial charge in [-0.2, -0.15) is 0 Å². The molecule has 0 saturated carbocycles. The molecule has 0 radical (unpaired) electrons. The van der Waals surface area contributed by atoms with Gasteiger partial charge in [0.2, 0.25) is 5.91 Å². The zero-order valence-electron chi connectivity index (χ0n) is 10.6. The molecule has 0 saturated heterocycles. The van der Waals surface area contributed by atoms with Gasteiger partial charge in [0.1, 0.15) is 0 Å². The minimum absolute atomic E-state index is 0. The van der Waals surface area contributed by atoms with Crippen molar-refractivity contribution in [2.75, 3.05) is 5.32 Å². The fraction of sp³-hybridized carbons (Fsp3) is 0.462. The molecule has 1 aromatic rings. The highest BCUT2D eigenvalue weighted by Crippen LogP contribution is 2.19. The quantitative estimate of drug-likeness (QED) is 0.870. The van der Waals surface area contributed by atoms with E-state index in [0.717, 1.165) is 23.2 Å². The van der Waals surface area contributed by atoms with Crippen molar-refractivity contribution in [3.8, 4) is 0 Å². The Morgan fingerprint density at radius 2 is 1.88 bits per heavy atom. The summed E-state index contributed by atoms with van der Waals surface area (Å²) in [6.07, 6.45) is 1.20. The van der Waals surface area contributed by atoms with Crippen molar-refractivity contribution in [2.24, 2.45) is 5.73 Å². The SMILES string of the molecule is Cc1cccc(C)c1NC(=O)CCC(C)N.Cl. The average Bonchev–Trinajstić information content (AvgIpc) is 2.21. The molecular formula is C13H21ClN2O. The van der Waals surface area contributed by atoms with Gasteiger partial charge in [0.15, 0.2) is 0 Å². The van der Waals surface area contributed by atoms with Crippen LogP contribution in [0, 0.1) is 13.8 Å². The summed E-state index contributed by atoms with van der Waals surface area (Å²) in [5.74, 6) is 0.0368. The van der Waals surface area contributed by atoms with Gasteiger partial charge in [-0.15, -0.1) is 12.4 Å². The second kappa shape index (κ2) is 7.30. The number of hydrogen-bond donors (Lipinski definition) is 2. The molecule has 0 aliphatic heterocycles. The molecule has 0 aliphatic carbocycles. The first-order chi connectivity index (χ1) is 7.50. The van der Waals surface area contributed by atoms with Gasteiger partial charge in [0.25, 0.3) is 0 Å². The van der Waals surface area contributed by atoms with E-state index in [1.807, 2.05) is 39.0 Å². The summed E-state index contributed by atoms with van der Waals surface area (Å²) in [6.45, 7) is 5.90. The Morgan fingerprint density at radius 3 is 2.35 bits per heavy atom. The number of carbonyl (C=O) groups is 1. The van der Waals surface area contributed by atoms with Crippen LogP contribution in [0.2, 0.25) is 0 Å². The van der Waals surface area contributed by atoms with E-state index >= 15 is 0 Å². The van der Waals surface area contributed by atoms with E-state index in [9.17, 15) is 4.79 Å². The summed E-state index contributed by atoms with van der Waals surface area (Å²) < 4.78 is 0. The Morgan fingerprint density at radius 1 is 1.35 bits per heavy atom. The van der Waals surface area contributed by atoms with E-state index in [4.69, 9.17) is 5.73 Å². The third-order valence-electron chi connectivity index (χ3n) is 2.57. The van der Waals surface area contributed by atoms with Crippen molar-refractivity contribution in [1.82, 2.24) is 0 Å². The molecule has 3 N–H and O–H groups in total. The van der Waals surface area contributed by atoms with Crippen LogP contribution in [0.4, 0.5) is 5.69 Å². The Hall–Kier alpha value is -1.06. The monoisotopic (exact) mass is 256 g/mol. The van der Waals surface area contributed by atoms with Crippen LogP contribution in [-0.2, 0) is 4.79 Å². The summed E-state index contributed by atoms with van der Waals surface area (Å²) in [4.78, 5) is 11.7. The van der Waals surface area contributed by atoms with E-state index in [1.54, 1.807) is 0 Å². The predicted octanol–water partition coefficient (Wildman–Crippen LogP) is 2.79. The first-order valence-electron chi connectivity index (χ1n) is 5.62. The van der Waals surface area contributed by atoms with Crippen molar-refractivity contribution in [3.63, 3.8) is 0 Å². The molecule has 3 nitrogen and oxygen atoms in total. The molecule has 0 spiro atoms. The van der Waals surface area contributed by atoms with Crippen LogP contribution in [0.15, 0.2) is 18.2 Å². The van der Waals surface area contributed by atoms with Crippen LogP contribution in [-0.4, -0.2) is 11.9 Å². The Bertz CT molecular complexity index is 357. The van der Waals surface area contributed by atoms with Gasteiger partial charge >= 0.3 is 0 Å². The van der Waals surface area contributed by atoms with Crippen LogP contribution < -0.4 is 11.1 Å². The van der Waals surface area contributed by atoms with Gasteiger partial charge in [0, 0.05) is 18.2 Å². The fourth-order valence-electron chi connectivity index (χ4n) is 1.57. The number of halogens is 1. The highest BCUT2D eigenvalue weighted by Gasteiger charge is 2.07. The molecule has 0 fully saturated rings. The van der Waals surface area contributed by atoms with Gasteiger partial charge in [-0.3, -0.25) is 4.79 Å². The van der Waals surface area contributed by atoms with Crippen molar-refractivity contribution in [2.45, 2.75) is 39.7 Å². The molecule has 17 heavy (non-hydrogen) atoms. The first-order valence-corrected chi connectivity index (χ1v) is 5.62. The van der Waals surface area contributed by atoms with Crippen LogP contribution in [0.5, 0.6) is 0 Å². The van der Waals surface area contributed by atoms with Crippen molar-refractivity contribution in [3.05, 3.63) is 29.3 Å². The summed E-state index contributed by atoms with van der Waals surface area (Å²) >= 11 is 0. The number of carbonyl (C=O) groups excluding carboxylic acids is 1. The first kappa shape index (κ1) is 15.9. The maximum Gasteiger partial charge on any atom is 0.224 e. The number of nitrogens with one attached hydrogen (secondary N) is 1. The number of rotatable bonds is 4. The number of benzene rings is 1. The minimum Gasteiger partial charge on any atom is -0.328 e. The molecule has 1 rings (SSSR count). The highest BCUT2D eigenvalue weighted by molar-refractivity contribution is 5.92. The van der Waals surface area contributed by atoms with Crippen LogP contribution in [0.25, 0.3) is 0 Å². The summed E-state index contributed by atoms with van der Waals surface area (Å²) in [7, 11) is 0. The van der Waals surface area contributed by atoms with Crippen molar-refractivity contribution >= 4 is 24.0 Å². The topological polar surface area (TPSA) is 55.1 Å². The van der Waals surface area contributed by atoms with Crippen molar-refractivity contribution in [1.29, 1.82) is 0 Å². The second-order valence-electron chi connectivity index (χ2n) is 4.33. The molecule has 1 unspecified atom stereocenters. The van der Waals surface area contributed by atoms with Crippen LogP contribution in [0.1, 0.15) is 30.9 Å². The van der Waals surface area contributed by atoms with Crippen molar-refractivity contribution < 1.29 is 4.79 Å². The lowest BCUT2D eigenvalue weighted by Gasteiger charge is -2.11. The molecule has 1 amide bonds. The number of hydrogen-bond acceptors (Lipinski definition) is 2. The van der Waals surface area contributed by atoms with Gasteiger partial charge < -0.3 is 11.1 Å². The van der Waals surface area contributed by atoms with Gasteiger partial charge in [0.05, 0.1) is 0 Å². The Kier molecular flexibility index (Phi) is 6.85. The largest absolute Gasteiger partial charge is 0.328 e. The molecule has 96 valence electrons. The summed E-state index contributed by atoms with van der Waals surface area (Å²) in [5.41, 5.74) is 8.73. The molecule has 0 bridgehead atoms. The van der Waals surface area contributed by atoms with E-state index < -0.39 is 0 Å². The number of aryl methyl sites for hydroxylation is 2. The molecule has 0 heterocycles. The molecule has 0 aliphatic rings. The van der Waals surface area contributed by atoms with Crippen LogP contribution in [0.3, 0.4) is 0 Å². The Balaban J connectivity index is 0.00000256. The lowest BCUT2D eigenvalue weighted by Crippen LogP contribution is -2.20. The van der Waals surface area contributed by atoms with E-state index in [1.165, 1.54) is 0 Å². The lowest BCUT2D eigenvalue weighted by atomic mass is 10.1. The van der Waals surface area contributed by atoms with E-state index in [2.05, 4.69) is 5.32 Å². The Labute approximate surface area is 109 Å². The number of anilines is 1. The zero-order valence-corrected chi connectivity index (χ0v) is 11.4. The molecule has 1 atom stereocenters.